The van der Waals surface area contributed by atoms with Crippen LogP contribution in [0.25, 0.3) is 0 Å². The van der Waals surface area contributed by atoms with E-state index >= 15 is 0 Å². The summed E-state index contributed by atoms with van der Waals surface area (Å²) in [6.45, 7) is -2.16. The Morgan fingerprint density at radius 3 is 1.25 bits per heavy atom. The number of unbranched alkanes of at least 4 members (excludes halogenated alkanes) is 2. The molecule has 0 saturated heterocycles. The van der Waals surface area contributed by atoms with Crippen LogP contribution in [0.2, 0.25) is 0 Å². The molecule has 2 rings (SSSR count). The predicted molar refractivity (Wildman–Crippen MR) is 166 cm³/mol. The van der Waals surface area contributed by atoms with Crippen molar-refractivity contribution in [3.8, 4) is 17.6 Å². The minimum atomic E-state index is -8.15. The van der Waals surface area contributed by atoms with Crippen LogP contribution in [-0.2, 0) is 0 Å². The fourth-order valence-corrected chi connectivity index (χ4v) is 4.93. The number of rotatable bonds is 22. The zero-order valence-corrected chi connectivity index (χ0v) is 31.2. The van der Waals surface area contributed by atoms with Gasteiger partial charge in [0.2, 0.25) is 0 Å². The number of anilines is 1. The molecule has 0 atom stereocenters. The first kappa shape index (κ1) is 56.3. The molecule has 0 spiro atoms. The third-order valence-electron chi connectivity index (χ3n) is 8.74. The lowest BCUT2D eigenvalue weighted by molar-refractivity contribution is -0.440. The molecule has 370 valence electrons. The van der Waals surface area contributed by atoms with E-state index in [1.807, 2.05) is 0 Å². The van der Waals surface area contributed by atoms with E-state index in [0.717, 1.165) is 18.2 Å². The second kappa shape index (κ2) is 18.5. The SMILES string of the molecule is N#Cc1cccc(NC(=O)c2ccc(OCCCCC(F)(F)C(F)(F)C(F)(F)C(F)(F)C(F)(F)C(F)(F)F)c(OCCCCC(F)(F)C(F)(F)C(F)(F)C(F)(F)C(F)(F)C(F)(F)F)c2)c1. The topological polar surface area (TPSA) is 71.4 Å². The zero-order chi connectivity index (χ0) is 50.9. The maximum Gasteiger partial charge on any atom is 0.460 e. The van der Waals surface area contributed by atoms with Gasteiger partial charge in [0.05, 0.1) is 24.8 Å². The van der Waals surface area contributed by atoms with E-state index in [4.69, 9.17) is 14.7 Å². The lowest BCUT2D eigenvalue weighted by atomic mass is 9.92. The first-order valence-electron chi connectivity index (χ1n) is 17.1. The number of carbonyl (C=O) groups is 1. The molecule has 0 bridgehead atoms. The number of carbonyl (C=O) groups excluding carboxylic acids is 1. The van der Waals surface area contributed by atoms with Gasteiger partial charge in [-0.2, -0.15) is 119 Å². The molecule has 65 heavy (non-hydrogen) atoms. The number of hydrogen-bond donors (Lipinski definition) is 1. The van der Waals surface area contributed by atoms with Crippen LogP contribution >= 0.6 is 0 Å². The fraction of sp³-hybridized carbons (Fsp3) is 0.588. The van der Waals surface area contributed by atoms with Gasteiger partial charge in [0, 0.05) is 24.1 Å². The molecule has 0 aliphatic rings. The molecule has 0 aliphatic carbocycles. The molecule has 0 saturated carbocycles. The quantitative estimate of drug-likeness (QED) is 0.0942. The molecule has 0 aliphatic heterocycles. The van der Waals surface area contributed by atoms with Crippen molar-refractivity contribution >= 4 is 11.6 Å². The van der Waals surface area contributed by atoms with E-state index in [1.54, 1.807) is 6.07 Å². The summed E-state index contributed by atoms with van der Waals surface area (Å²) in [6.07, 6.45) is -25.7. The van der Waals surface area contributed by atoms with Crippen LogP contribution in [0.5, 0.6) is 11.5 Å². The number of nitrogens with one attached hydrogen (secondary N) is 1. The largest absolute Gasteiger partial charge is 0.490 e. The maximum absolute atomic E-state index is 14.2. The van der Waals surface area contributed by atoms with Crippen LogP contribution in [-0.4, -0.2) is 90.7 Å². The van der Waals surface area contributed by atoms with Gasteiger partial charge in [-0.15, -0.1) is 0 Å². The molecule has 2 aromatic rings. The number of ether oxygens (including phenoxy) is 2. The highest BCUT2D eigenvalue weighted by atomic mass is 19.4. The highest BCUT2D eigenvalue weighted by molar-refractivity contribution is 6.04. The zero-order valence-electron chi connectivity index (χ0n) is 31.2. The number of nitriles is 1. The van der Waals surface area contributed by atoms with Gasteiger partial charge >= 0.3 is 71.6 Å². The van der Waals surface area contributed by atoms with E-state index in [9.17, 15) is 119 Å². The lowest BCUT2D eigenvalue weighted by Crippen LogP contribution is -2.70. The third kappa shape index (κ3) is 10.4. The summed E-state index contributed by atoms with van der Waals surface area (Å²) in [5, 5.41) is 11.3. The Balaban J connectivity index is 2.28. The summed E-state index contributed by atoms with van der Waals surface area (Å²) in [5.41, 5.74) is -0.514. The van der Waals surface area contributed by atoms with Gasteiger partial charge in [-0.05, 0) is 62.1 Å². The van der Waals surface area contributed by atoms with Gasteiger partial charge in [0.25, 0.3) is 5.91 Å². The van der Waals surface area contributed by atoms with Gasteiger partial charge in [-0.1, -0.05) is 6.07 Å². The van der Waals surface area contributed by atoms with Crippen molar-refractivity contribution in [2.24, 2.45) is 0 Å². The van der Waals surface area contributed by atoms with Crippen LogP contribution in [0, 0.1) is 11.3 Å². The van der Waals surface area contributed by atoms with Gasteiger partial charge < -0.3 is 14.8 Å². The van der Waals surface area contributed by atoms with Crippen molar-refractivity contribution in [1.29, 1.82) is 5.26 Å². The molecule has 2 aromatic carbocycles. The molecule has 0 fully saturated rings. The number of alkyl halides is 26. The number of hydrogen-bond acceptors (Lipinski definition) is 4. The minimum absolute atomic E-state index is 0.00622. The monoisotopic (exact) mass is 1000 g/mol. The number of halogens is 26. The second-order valence-corrected chi connectivity index (χ2v) is 13.4. The average molecular weight is 1000 g/mol. The Morgan fingerprint density at radius 1 is 0.477 bits per heavy atom. The Morgan fingerprint density at radius 2 is 0.862 bits per heavy atom. The highest BCUT2D eigenvalue weighted by Crippen LogP contribution is 2.62. The standard InChI is InChI=1S/C34H24F26N2O3/c35-23(36,25(39,40)27(43,44)29(47,48)31(51,52)33(55,56)57)10-1-3-12-64-20-9-8-18(22(63)62-19-7-5-6-17(14-19)16-61)15-21(20)65-13-4-2-11-24(37,38)26(41,42)28(45,46)30(49,50)32(53,54)34(58,59)60/h5-9,14-15H,1-4,10-13H2,(H,62,63). The second-order valence-electron chi connectivity index (χ2n) is 13.4. The molecule has 5 nitrogen and oxygen atoms in total. The molecule has 1 amide bonds. The van der Waals surface area contributed by atoms with Crippen LogP contribution in [0.4, 0.5) is 120 Å². The summed E-state index contributed by atoms with van der Waals surface area (Å²) >= 11 is 0. The fourth-order valence-electron chi connectivity index (χ4n) is 4.93. The Hall–Kier alpha value is -4.82. The van der Waals surface area contributed by atoms with Crippen LogP contribution in [0.1, 0.15) is 54.4 Å². The first-order valence-corrected chi connectivity index (χ1v) is 17.1. The van der Waals surface area contributed by atoms with Crippen molar-refractivity contribution in [2.45, 2.75) is 110 Å². The molecular formula is C34H24F26N2O3. The van der Waals surface area contributed by atoms with E-state index in [-0.39, 0.29) is 11.3 Å². The summed E-state index contributed by atoms with van der Waals surface area (Å²) in [7, 11) is 0. The molecule has 31 heteroatoms. The molecule has 0 heterocycles. The summed E-state index contributed by atoms with van der Waals surface area (Å²) < 4.78 is 358. The van der Waals surface area contributed by atoms with E-state index < -0.39 is 146 Å². The van der Waals surface area contributed by atoms with Crippen molar-refractivity contribution in [3.63, 3.8) is 0 Å². The Kier molecular flexibility index (Phi) is 16.0. The van der Waals surface area contributed by atoms with Gasteiger partial charge in [0.15, 0.2) is 11.5 Å². The van der Waals surface area contributed by atoms with Gasteiger partial charge in [0.1, 0.15) is 0 Å². The Labute approximate surface area is 345 Å². The summed E-state index contributed by atoms with van der Waals surface area (Å²) in [6, 6.07) is 8.94. The van der Waals surface area contributed by atoms with Crippen LogP contribution in [0.3, 0.4) is 0 Å². The number of amides is 1. The van der Waals surface area contributed by atoms with Crippen molar-refractivity contribution in [3.05, 3.63) is 53.6 Å². The van der Waals surface area contributed by atoms with Crippen LogP contribution < -0.4 is 14.8 Å². The smallest absolute Gasteiger partial charge is 0.460 e. The predicted octanol–water partition coefficient (Wildman–Crippen LogP) is 13.4. The van der Waals surface area contributed by atoms with E-state index in [1.165, 1.54) is 18.2 Å². The average Bonchev–Trinajstić information content (AvgIpc) is 3.16. The molecule has 0 radical (unpaired) electrons. The summed E-state index contributed by atoms with van der Waals surface area (Å²) in [4.78, 5) is 12.8. The summed E-state index contributed by atoms with van der Waals surface area (Å²) in [5.74, 6) is -79.0. The van der Waals surface area contributed by atoms with Crippen molar-refractivity contribution in [2.75, 3.05) is 18.5 Å². The van der Waals surface area contributed by atoms with E-state index in [2.05, 4.69) is 5.32 Å². The van der Waals surface area contributed by atoms with Crippen LogP contribution in [0.15, 0.2) is 42.5 Å². The molecule has 1 N–H and O–H groups in total. The molecule has 0 unspecified atom stereocenters. The van der Waals surface area contributed by atoms with E-state index in [0.29, 0.717) is 6.07 Å². The van der Waals surface area contributed by atoms with Gasteiger partial charge in [-0.25, -0.2) is 0 Å². The molecule has 0 aromatic heterocycles. The Bertz CT molecular complexity index is 2000. The molecular weight excluding hydrogens is 978 g/mol. The maximum atomic E-state index is 14.2. The number of nitrogens with zero attached hydrogens (tertiary/aromatic N) is 1. The first-order chi connectivity index (χ1) is 29.0. The lowest BCUT2D eigenvalue weighted by Gasteiger charge is -2.39. The van der Waals surface area contributed by atoms with Crippen molar-refractivity contribution in [1.82, 2.24) is 0 Å². The highest BCUT2D eigenvalue weighted by Gasteiger charge is 2.92. The normalized spacial score (nSPS) is 14.5. The third-order valence-corrected chi connectivity index (χ3v) is 8.74. The minimum Gasteiger partial charge on any atom is -0.490 e. The number of benzene rings is 2. The van der Waals surface area contributed by atoms with Crippen molar-refractivity contribution < 1.29 is 128 Å². The van der Waals surface area contributed by atoms with Gasteiger partial charge in [-0.3, -0.25) is 4.79 Å².